The van der Waals surface area contributed by atoms with Crippen LogP contribution in [-0.4, -0.2) is 46.2 Å². The number of nitrogens with zero attached hydrogens (tertiary/aromatic N) is 4. The van der Waals surface area contributed by atoms with Crippen LogP contribution in [0.3, 0.4) is 0 Å². The van der Waals surface area contributed by atoms with Crippen molar-refractivity contribution >= 4 is 23.5 Å². The minimum absolute atomic E-state index is 0.230. The van der Waals surface area contributed by atoms with E-state index in [-0.39, 0.29) is 5.95 Å². The number of halogens is 1. The summed E-state index contributed by atoms with van der Waals surface area (Å²) in [5.74, 6) is 0.903. The minimum atomic E-state index is 0.230. The van der Waals surface area contributed by atoms with Gasteiger partial charge < -0.3 is 10.5 Å². The third-order valence-electron chi connectivity index (χ3n) is 3.08. The first kappa shape index (κ1) is 13.2. The zero-order chi connectivity index (χ0) is 13.9. The molecule has 20 heavy (non-hydrogen) atoms. The predicted molar refractivity (Wildman–Crippen MR) is 73.7 cm³/mol. The molecule has 3 N–H and O–H groups in total. The number of nitrogen functional groups attached to an aromatic ring is 1. The maximum absolute atomic E-state index is 6.09. The van der Waals surface area contributed by atoms with Crippen LogP contribution in [0.15, 0.2) is 18.5 Å². The molecule has 1 saturated heterocycles. The Hall–Kier alpha value is -1.83. The van der Waals surface area contributed by atoms with Gasteiger partial charge in [0.2, 0.25) is 5.95 Å². The molecule has 0 radical (unpaired) electrons. The van der Waals surface area contributed by atoms with E-state index in [2.05, 4.69) is 19.9 Å². The van der Waals surface area contributed by atoms with E-state index in [1.807, 2.05) is 0 Å². The van der Waals surface area contributed by atoms with E-state index in [1.54, 1.807) is 18.5 Å². The normalized spacial score (nSPS) is 16.2. The Morgan fingerprint density at radius 1 is 1.15 bits per heavy atom. The topological polar surface area (TPSA) is 91.2 Å². The lowest BCUT2D eigenvalue weighted by molar-refractivity contribution is -0.847. The molecule has 0 amide bonds. The van der Waals surface area contributed by atoms with E-state index in [0.717, 1.165) is 23.6 Å². The fourth-order valence-corrected chi connectivity index (χ4v) is 2.22. The van der Waals surface area contributed by atoms with Crippen LogP contribution >= 0.6 is 11.6 Å². The Bertz CT molecular complexity index is 599. The molecule has 3 heterocycles. The number of morpholine rings is 1. The smallest absolute Gasteiger partial charge is 0.329 e. The second kappa shape index (κ2) is 5.66. The maximum atomic E-state index is 6.09. The molecule has 0 unspecified atom stereocenters. The van der Waals surface area contributed by atoms with Crippen molar-refractivity contribution in [2.24, 2.45) is 0 Å². The van der Waals surface area contributed by atoms with Crippen molar-refractivity contribution in [3.63, 3.8) is 0 Å². The number of nitrogens with two attached hydrogens (primary N) is 1. The summed E-state index contributed by atoms with van der Waals surface area (Å²) in [4.78, 5) is 17.9. The molecule has 0 saturated carbocycles. The Morgan fingerprint density at radius 3 is 2.55 bits per heavy atom. The number of anilines is 1. The molecule has 1 aliphatic rings. The predicted octanol–water partition coefficient (Wildman–Crippen LogP) is -0.284. The second-order valence-electron chi connectivity index (χ2n) is 4.45. The number of hydrogen-bond acceptors (Lipinski definition) is 6. The van der Waals surface area contributed by atoms with E-state index < -0.39 is 0 Å². The number of rotatable bonds is 2. The van der Waals surface area contributed by atoms with Crippen molar-refractivity contribution in [2.45, 2.75) is 0 Å². The number of nitrogens with one attached hydrogen (secondary N) is 1. The highest BCUT2D eigenvalue weighted by molar-refractivity contribution is 6.29. The van der Waals surface area contributed by atoms with Gasteiger partial charge in [-0.2, -0.15) is 9.97 Å². The summed E-state index contributed by atoms with van der Waals surface area (Å²) in [5, 5.41) is 0.404. The maximum Gasteiger partial charge on any atom is 0.329 e. The Balaban J connectivity index is 1.95. The van der Waals surface area contributed by atoms with Crippen LogP contribution in [0.1, 0.15) is 0 Å². The lowest BCUT2D eigenvalue weighted by atomic mass is 10.2. The van der Waals surface area contributed by atoms with Gasteiger partial charge in [-0.3, -0.25) is 4.90 Å². The quantitative estimate of drug-likeness (QED) is 0.740. The number of hydrogen-bond donors (Lipinski definition) is 2. The van der Waals surface area contributed by atoms with Gasteiger partial charge in [0.1, 0.15) is 18.2 Å². The zero-order valence-corrected chi connectivity index (χ0v) is 11.5. The molecule has 1 fully saturated rings. The van der Waals surface area contributed by atoms with E-state index in [1.165, 1.54) is 0 Å². The highest BCUT2D eigenvalue weighted by atomic mass is 35.5. The van der Waals surface area contributed by atoms with Crippen LogP contribution in [-0.2, 0) is 4.74 Å². The largest absolute Gasteiger partial charge is 0.370 e. The van der Waals surface area contributed by atoms with Gasteiger partial charge in [-0.05, 0) is 0 Å². The molecule has 2 aromatic heterocycles. The standard InChI is InChI=1S/C12H13ClN6O/c13-10-5-9(8-6-15-11(14)16-7-8)17-12(18-10)19-1-3-20-4-2-19/h5-7H,1-4H2,(H2,14,15,16)/p+1. The third-order valence-corrected chi connectivity index (χ3v) is 3.27. The lowest BCUT2D eigenvalue weighted by Crippen LogP contribution is -3.10. The van der Waals surface area contributed by atoms with Gasteiger partial charge in [0, 0.05) is 24.0 Å². The molecule has 3 rings (SSSR count). The van der Waals surface area contributed by atoms with Crippen LogP contribution in [0.5, 0.6) is 0 Å². The van der Waals surface area contributed by atoms with Crippen molar-refractivity contribution in [2.75, 3.05) is 32.0 Å². The van der Waals surface area contributed by atoms with Crippen LogP contribution in [0.2, 0.25) is 5.15 Å². The van der Waals surface area contributed by atoms with E-state index >= 15 is 0 Å². The monoisotopic (exact) mass is 293 g/mol. The van der Waals surface area contributed by atoms with Gasteiger partial charge in [-0.25, -0.2) is 9.97 Å². The Kier molecular flexibility index (Phi) is 3.72. The first-order valence-corrected chi connectivity index (χ1v) is 6.65. The molecule has 0 aliphatic carbocycles. The molecular formula is C12H14ClN6O+. The van der Waals surface area contributed by atoms with Crippen molar-refractivity contribution in [1.82, 2.24) is 19.9 Å². The summed E-state index contributed by atoms with van der Waals surface area (Å²) >= 11 is 6.09. The van der Waals surface area contributed by atoms with Gasteiger partial charge in [-0.1, -0.05) is 11.6 Å². The van der Waals surface area contributed by atoms with Crippen molar-refractivity contribution in [1.29, 1.82) is 0 Å². The lowest BCUT2D eigenvalue weighted by Gasteiger charge is -2.21. The average Bonchev–Trinajstić information content (AvgIpc) is 2.48. The summed E-state index contributed by atoms with van der Waals surface area (Å²) in [6, 6.07) is 1.69. The summed E-state index contributed by atoms with van der Waals surface area (Å²) in [5.41, 5.74) is 6.94. The molecule has 8 heteroatoms. The van der Waals surface area contributed by atoms with Crippen LogP contribution in [0, 0.1) is 0 Å². The van der Waals surface area contributed by atoms with E-state index in [4.69, 9.17) is 22.1 Å². The Labute approximate surface area is 120 Å². The summed E-state index contributed by atoms with van der Waals surface area (Å²) < 4.78 is 5.34. The average molecular weight is 294 g/mol. The fourth-order valence-electron chi connectivity index (χ4n) is 2.04. The molecule has 0 bridgehead atoms. The number of ether oxygens (including phenoxy) is 1. The van der Waals surface area contributed by atoms with Crippen molar-refractivity contribution < 1.29 is 9.64 Å². The number of quaternary nitrogens is 1. The van der Waals surface area contributed by atoms with Crippen LogP contribution in [0.25, 0.3) is 11.3 Å². The van der Waals surface area contributed by atoms with Crippen LogP contribution in [0.4, 0.5) is 11.9 Å². The first-order valence-electron chi connectivity index (χ1n) is 6.27. The van der Waals surface area contributed by atoms with Crippen molar-refractivity contribution in [3.8, 4) is 11.3 Å². The molecular weight excluding hydrogens is 280 g/mol. The minimum Gasteiger partial charge on any atom is -0.370 e. The molecule has 2 aromatic rings. The first-order chi connectivity index (χ1) is 9.72. The van der Waals surface area contributed by atoms with E-state index in [9.17, 15) is 0 Å². The summed E-state index contributed by atoms with van der Waals surface area (Å²) in [6.45, 7) is 3.06. The SMILES string of the molecule is Nc1ncc(-c2cc(Cl)nc([NH+]3CCOCC3)n2)cn1. The molecule has 0 aromatic carbocycles. The zero-order valence-electron chi connectivity index (χ0n) is 10.7. The molecule has 104 valence electrons. The molecule has 0 spiro atoms. The molecule has 1 aliphatic heterocycles. The fraction of sp³-hybridized carbons (Fsp3) is 0.333. The second-order valence-corrected chi connectivity index (χ2v) is 4.83. The summed E-state index contributed by atoms with van der Waals surface area (Å²) in [6.07, 6.45) is 3.25. The number of aromatic nitrogens is 4. The van der Waals surface area contributed by atoms with Gasteiger partial charge >= 0.3 is 5.95 Å². The van der Waals surface area contributed by atoms with Gasteiger partial charge in [0.25, 0.3) is 0 Å². The van der Waals surface area contributed by atoms with E-state index in [0.29, 0.717) is 30.0 Å². The summed E-state index contributed by atoms with van der Waals surface area (Å²) in [7, 11) is 0. The highest BCUT2D eigenvalue weighted by Gasteiger charge is 2.21. The van der Waals surface area contributed by atoms with Gasteiger partial charge in [0.05, 0.1) is 18.9 Å². The van der Waals surface area contributed by atoms with Crippen molar-refractivity contribution in [3.05, 3.63) is 23.6 Å². The highest BCUT2D eigenvalue weighted by Crippen LogP contribution is 2.19. The molecule has 7 nitrogen and oxygen atoms in total. The van der Waals surface area contributed by atoms with Gasteiger partial charge in [-0.15, -0.1) is 0 Å². The molecule has 0 atom stereocenters. The third kappa shape index (κ3) is 2.84. The van der Waals surface area contributed by atoms with Gasteiger partial charge in [0.15, 0.2) is 0 Å². The Morgan fingerprint density at radius 2 is 1.85 bits per heavy atom. The van der Waals surface area contributed by atoms with Crippen LogP contribution < -0.4 is 10.6 Å².